The molecule has 32 heavy (non-hydrogen) atoms. The van der Waals surface area contributed by atoms with Gasteiger partial charge >= 0.3 is 6.61 Å². The minimum atomic E-state index is -2.91. The zero-order valence-corrected chi connectivity index (χ0v) is 20.3. The fourth-order valence-electron chi connectivity index (χ4n) is 3.24. The van der Waals surface area contributed by atoms with Crippen LogP contribution in [0.5, 0.6) is 11.5 Å². The third-order valence-corrected chi connectivity index (χ3v) is 4.78. The van der Waals surface area contributed by atoms with Crippen molar-refractivity contribution in [2.75, 3.05) is 45.4 Å². The number of pyridine rings is 1. The first kappa shape index (κ1) is 25.8. The van der Waals surface area contributed by atoms with Crippen molar-refractivity contribution in [1.29, 1.82) is 0 Å². The molecule has 1 aromatic carbocycles. The quantitative estimate of drug-likeness (QED) is 0.291. The van der Waals surface area contributed by atoms with Gasteiger partial charge in [-0.05, 0) is 24.3 Å². The summed E-state index contributed by atoms with van der Waals surface area (Å²) in [6.45, 7) is 0.751. The van der Waals surface area contributed by atoms with Crippen LogP contribution < -0.4 is 25.0 Å². The van der Waals surface area contributed by atoms with Crippen molar-refractivity contribution in [2.45, 2.75) is 19.7 Å². The SMILES string of the molecule is CN=C(NCc1cc(OC)ccc1OC(F)F)NCc1cccnc1N1CCOCC1.I. The van der Waals surface area contributed by atoms with Gasteiger partial charge in [-0.25, -0.2) is 4.98 Å². The Kier molecular flexibility index (Phi) is 10.7. The van der Waals surface area contributed by atoms with Gasteiger partial charge in [-0.2, -0.15) is 8.78 Å². The molecule has 0 radical (unpaired) electrons. The van der Waals surface area contributed by atoms with Crippen LogP contribution in [0.3, 0.4) is 0 Å². The number of hydrogen-bond acceptors (Lipinski definition) is 6. The number of benzene rings is 1. The fraction of sp³-hybridized carbons (Fsp3) is 0.429. The van der Waals surface area contributed by atoms with Crippen LogP contribution >= 0.6 is 24.0 Å². The topological polar surface area (TPSA) is 80.2 Å². The lowest BCUT2D eigenvalue weighted by Crippen LogP contribution is -2.39. The molecule has 0 atom stereocenters. The first-order chi connectivity index (χ1) is 15.1. The van der Waals surface area contributed by atoms with Crippen molar-refractivity contribution in [3.63, 3.8) is 0 Å². The van der Waals surface area contributed by atoms with E-state index in [9.17, 15) is 8.78 Å². The third kappa shape index (κ3) is 7.33. The number of morpholine rings is 1. The first-order valence-corrected chi connectivity index (χ1v) is 9.93. The van der Waals surface area contributed by atoms with Crippen molar-refractivity contribution in [3.05, 3.63) is 47.7 Å². The van der Waals surface area contributed by atoms with Gasteiger partial charge in [0.05, 0.1) is 20.3 Å². The van der Waals surface area contributed by atoms with Crippen LogP contribution in [-0.4, -0.2) is 58.0 Å². The zero-order valence-electron chi connectivity index (χ0n) is 18.0. The number of aromatic nitrogens is 1. The fourth-order valence-corrected chi connectivity index (χ4v) is 3.24. The molecule has 11 heteroatoms. The molecule has 0 unspecified atom stereocenters. The lowest BCUT2D eigenvalue weighted by molar-refractivity contribution is -0.0505. The van der Waals surface area contributed by atoms with Crippen LogP contribution in [0.15, 0.2) is 41.5 Å². The highest BCUT2D eigenvalue weighted by Gasteiger charge is 2.16. The molecule has 1 aromatic heterocycles. The second-order valence-electron chi connectivity index (χ2n) is 6.72. The van der Waals surface area contributed by atoms with E-state index >= 15 is 0 Å². The highest BCUT2D eigenvalue weighted by Crippen LogP contribution is 2.25. The summed E-state index contributed by atoms with van der Waals surface area (Å²) in [5.41, 5.74) is 1.55. The summed E-state index contributed by atoms with van der Waals surface area (Å²) >= 11 is 0. The largest absolute Gasteiger partial charge is 0.497 e. The maximum Gasteiger partial charge on any atom is 0.387 e. The second-order valence-corrected chi connectivity index (χ2v) is 6.72. The Hall–Kier alpha value is -2.41. The smallest absolute Gasteiger partial charge is 0.387 e. The van der Waals surface area contributed by atoms with E-state index in [1.807, 2.05) is 12.1 Å². The number of anilines is 1. The Labute approximate surface area is 203 Å². The van der Waals surface area contributed by atoms with Crippen LogP contribution in [0.25, 0.3) is 0 Å². The van der Waals surface area contributed by atoms with Gasteiger partial charge in [0.15, 0.2) is 5.96 Å². The molecular formula is C21H28F2IN5O3. The van der Waals surface area contributed by atoms with Gasteiger partial charge in [0, 0.05) is 50.6 Å². The normalized spacial score (nSPS) is 14.0. The lowest BCUT2D eigenvalue weighted by Gasteiger charge is -2.29. The lowest BCUT2D eigenvalue weighted by atomic mass is 10.2. The number of hydrogen-bond donors (Lipinski definition) is 2. The minimum Gasteiger partial charge on any atom is -0.497 e. The highest BCUT2D eigenvalue weighted by molar-refractivity contribution is 14.0. The molecule has 0 saturated carbocycles. The van der Waals surface area contributed by atoms with Crippen molar-refractivity contribution in [3.8, 4) is 11.5 Å². The Morgan fingerprint density at radius 1 is 1.19 bits per heavy atom. The Morgan fingerprint density at radius 3 is 2.56 bits per heavy atom. The molecule has 176 valence electrons. The van der Waals surface area contributed by atoms with E-state index in [2.05, 4.69) is 30.2 Å². The monoisotopic (exact) mass is 563 g/mol. The summed E-state index contributed by atoms with van der Waals surface area (Å²) in [5.74, 6) is 2.06. The number of methoxy groups -OCH3 is 1. The molecule has 0 bridgehead atoms. The van der Waals surface area contributed by atoms with E-state index in [0.717, 1.165) is 24.5 Å². The van der Waals surface area contributed by atoms with E-state index in [4.69, 9.17) is 9.47 Å². The van der Waals surface area contributed by atoms with E-state index in [-0.39, 0.29) is 36.3 Å². The van der Waals surface area contributed by atoms with Crippen LogP contribution in [0.1, 0.15) is 11.1 Å². The van der Waals surface area contributed by atoms with Crippen molar-refractivity contribution in [1.82, 2.24) is 15.6 Å². The average Bonchev–Trinajstić information content (AvgIpc) is 2.80. The van der Waals surface area contributed by atoms with Crippen molar-refractivity contribution >= 4 is 35.8 Å². The number of aliphatic imine (C=N–C) groups is 1. The van der Waals surface area contributed by atoms with Crippen molar-refractivity contribution in [2.24, 2.45) is 4.99 Å². The molecule has 1 aliphatic rings. The van der Waals surface area contributed by atoms with Gasteiger partial charge in [0.1, 0.15) is 17.3 Å². The van der Waals surface area contributed by atoms with Gasteiger partial charge in [-0.15, -0.1) is 24.0 Å². The number of nitrogens with one attached hydrogen (secondary N) is 2. The molecule has 0 spiro atoms. The molecule has 1 fully saturated rings. The summed E-state index contributed by atoms with van der Waals surface area (Å²) in [6.07, 6.45) is 1.77. The Balaban J connectivity index is 0.00000363. The highest BCUT2D eigenvalue weighted by atomic mass is 127. The molecule has 1 saturated heterocycles. The number of halogens is 3. The van der Waals surface area contributed by atoms with Gasteiger partial charge in [0.2, 0.25) is 0 Å². The summed E-state index contributed by atoms with van der Waals surface area (Å²) < 4.78 is 40.7. The van der Waals surface area contributed by atoms with Gasteiger partial charge in [0.25, 0.3) is 0 Å². The maximum absolute atomic E-state index is 12.7. The minimum absolute atomic E-state index is 0. The van der Waals surface area contributed by atoms with Gasteiger partial charge < -0.3 is 29.7 Å². The van der Waals surface area contributed by atoms with Gasteiger partial charge in [-0.1, -0.05) is 6.07 Å². The summed E-state index contributed by atoms with van der Waals surface area (Å²) in [7, 11) is 3.16. The van der Waals surface area contributed by atoms with E-state index < -0.39 is 6.61 Å². The number of ether oxygens (including phenoxy) is 3. The zero-order chi connectivity index (χ0) is 22.1. The van der Waals surface area contributed by atoms with E-state index in [1.54, 1.807) is 25.4 Å². The second kappa shape index (κ2) is 13.2. The molecule has 8 nitrogen and oxygen atoms in total. The van der Waals surface area contributed by atoms with E-state index in [0.29, 0.717) is 37.0 Å². The van der Waals surface area contributed by atoms with Crippen LogP contribution in [0.2, 0.25) is 0 Å². The van der Waals surface area contributed by atoms with Crippen LogP contribution in [0, 0.1) is 0 Å². The first-order valence-electron chi connectivity index (χ1n) is 9.93. The number of nitrogens with zero attached hydrogens (tertiary/aromatic N) is 3. The molecular weight excluding hydrogens is 535 g/mol. The number of guanidine groups is 1. The molecule has 2 N–H and O–H groups in total. The molecule has 1 aliphatic heterocycles. The van der Waals surface area contributed by atoms with Crippen LogP contribution in [0.4, 0.5) is 14.6 Å². The summed E-state index contributed by atoms with van der Waals surface area (Å²) in [5, 5.41) is 6.37. The van der Waals surface area contributed by atoms with Crippen LogP contribution in [-0.2, 0) is 17.8 Å². The predicted octanol–water partition coefficient (Wildman–Crippen LogP) is 3.01. The predicted molar refractivity (Wildman–Crippen MR) is 129 cm³/mol. The van der Waals surface area contributed by atoms with Crippen molar-refractivity contribution < 1.29 is 23.0 Å². The molecule has 0 amide bonds. The number of alkyl halides is 2. The van der Waals surface area contributed by atoms with Gasteiger partial charge in [-0.3, -0.25) is 4.99 Å². The summed E-state index contributed by atoms with van der Waals surface area (Å²) in [4.78, 5) is 10.9. The number of rotatable bonds is 8. The molecule has 0 aliphatic carbocycles. The molecule has 2 aromatic rings. The summed E-state index contributed by atoms with van der Waals surface area (Å²) in [6, 6.07) is 8.58. The molecule has 3 rings (SSSR count). The Bertz CT molecular complexity index is 882. The standard InChI is InChI=1S/C21H27F2N5O3.HI/c1-24-21(27-14-16-12-17(29-2)5-6-18(16)31-20(22)23)26-13-15-4-3-7-25-19(15)28-8-10-30-11-9-28;/h3-7,12,20H,8-11,13-14H2,1-2H3,(H2,24,26,27);1H. The molecule has 2 heterocycles. The Morgan fingerprint density at radius 2 is 1.91 bits per heavy atom. The third-order valence-electron chi connectivity index (χ3n) is 4.78. The van der Waals surface area contributed by atoms with E-state index in [1.165, 1.54) is 13.2 Å². The maximum atomic E-state index is 12.7. The average molecular weight is 563 g/mol.